The molecule has 4 rings (SSSR count). The molecule has 1 saturated heterocycles. The number of allylic oxidation sites excluding steroid dienone is 1. The minimum Gasteiger partial charge on any atom is -0.356 e. The first-order valence-electron chi connectivity index (χ1n) is 11.2. The van der Waals surface area contributed by atoms with Crippen LogP contribution >= 0.6 is 0 Å². The van der Waals surface area contributed by atoms with E-state index >= 15 is 0 Å². The minimum atomic E-state index is -0.106. The van der Waals surface area contributed by atoms with E-state index in [9.17, 15) is 9.59 Å². The molecule has 29 heavy (non-hydrogen) atoms. The molecule has 3 aliphatic rings. The van der Waals surface area contributed by atoms with Gasteiger partial charge in [0.25, 0.3) is 0 Å². The molecule has 1 aromatic rings. The molecule has 2 unspecified atom stereocenters. The summed E-state index contributed by atoms with van der Waals surface area (Å²) in [5, 5.41) is 3.06. The molecule has 2 atom stereocenters. The fraction of sp³-hybridized carbons (Fsp3) is 0.583. The number of carbonyl (C=O) groups excluding carboxylic acids is 2. The Labute approximate surface area is 174 Å². The summed E-state index contributed by atoms with van der Waals surface area (Å²) in [5.41, 5.74) is 2.79. The van der Waals surface area contributed by atoms with Crippen molar-refractivity contribution in [3.8, 4) is 0 Å². The number of rotatable bonds is 7. The fourth-order valence-corrected chi connectivity index (χ4v) is 4.57. The molecular formula is C24H33N3O2. The van der Waals surface area contributed by atoms with Gasteiger partial charge in [-0.2, -0.15) is 0 Å². The summed E-state index contributed by atoms with van der Waals surface area (Å²) in [6.45, 7) is 4.99. The van der Waals surface area contributed by atoms with Crippen LogP contribution in [0, 0.1) is 11.8 Å². The van der Waals surface area contributed by atoms with E-state index in [1.165, 1.54) is 36.8 Å². The van der Waals surface area contributed by atoms with Crippen LogP contribution in [0.1, 0.15) is 44.1 Å². The van der Waals surface area contributed by atoms with E-state index in [1.54, 1.807) is 0 Å². The second kappa shape index (κ2) is 9.57. The van der Waals surface area contributed by atoms with E-state index in [-0.39, 0.29) is 23.7 Å². The Morgan fingerprint density at radius 1 is 1.00 bits per heavy atom. The predicted molar refractivity (Wildman–Crippen MR) is 114 cm³/mol. The van der Waals surface area contributed by atoms with Crippen molar-refractivity contribution in [1.29, 1.82) is 0 Å². The van der Waals surface area contributed by atoms with Gasteiger partial charge in [-0.25, -0.2) is 0 Å². The normalized spacial score (nSPS) is 24.7. The van der Waals surface area contributed by atoms with Crippen molar-refractivity contribution in [2.45, 2.75) is 45.1 Å². The van der Waals surface area contributed by atoms with Gasteiger partial charge in [0.05, 0.1) is 11.8 Å². The molecule has 0 bridgehead atoms. The molecule has 2 aliphatic carbocycles. The molecule has 1 N–H and O–H groups in total. The summed E-state index contributed by atoms with van der Waals surface area (Å²) >= 11 is 0. The van der Waals surface area contributed by atoms with Crippen LogP contribution in [0.25, 0.3) is 0 Å². The van der Waals surface area contributed by atoms with E-state index in [0.717, 1.165) is 45.6 Å². The summed E-state index contributed by atoms with van der Waals surface area (Å²) in [5.74, 6) is 0.0525. The standard InChI is InChI=1S/C24H33N3O2/c28-23(25-12-11-19-7-3-1-4-8-19)21-17-22(21)24(29)27-15-13-26(14-16-27)18-20-9-5-2-6-10-20/h2,5-7,9-10,21-22H,1,3-4,8,11-18H2,(H,25,28). The van der Waals surface area contributed by atoms with E-state index < -0.39 is 0 Å². The first kappa shape index (κ1) is 20.1. The Bertz CT molecular complexity index is 738. The summed E-state index contributed by atoms with van der Waals surface area (Å²) < 4.78 is 0. The maximum Gasteiger partial charge on any atom is 0.226 e. The van der Waals surface area contributed by atoms with Crippen molar-refractivity contribution in [2.75, 3.05) is 32.7 Å². The number of carbonyl (C=O) groups is 2. The van der Waals surface area contributed by atoms with Gasteiger partial charge in [-0.1, -0.05) is 42.0 Å². The second-order valence-corrected chi connectivity index (χ2v) is 8.68. The molecule has 156 valence electrons. The van der Waals surface area contributed by atoms with Crippen LogP contribution in [0.2, 0.25) is 0 Å². The third-order valence-corrected chi connectivity index (χ3v) is 6.51. The lowest BCUT2D eigenvalue weighted by atomic mass is 9.97. The van der Waals surface area contributed by atoms with E-state index in [4.69, 9.17) is 0 Å². The van der Waals surface area contributed by atoms with Crippen LogP contribution in [0.4, 0.5) is 0 Å². The average Bonchev–Trinajstić information content (AvgIpc) is 3.56. The first-order valence-corrected chi connectivity index (χ1v) is 11.2. The highest BCUT2D eigenvalue weighted by Gasteiger charge is 2.49. The molecule has 0 radical (unpaired) electrons. The van der Waals surface area contributed by atoms with Gasteiger partial charge in [-0.15, -0.1) is 0 Å². The van der Waals surface area contributed by atoms with Gasteiger partial charge in [0.2, 0.25) is 11.8 Å². The Hall–Kier alpha value is -2.14. The van der Waals surface area contributed by atoms with Crippen LogP contribution in [-0.4, -0.2) is 54.3 Å². The van der Waals surface area contributed by atoms with Crippen LogP contribution in [-0.2, 0) is 16.1 Å². The lowest BCUT2D eigenvalue weighted by molar-refractivity contribution is -0.136. The van der Waals surface area contributed by atoms with Crippen molar-refractivity contribution in [2.24, 2.45) is 11.8 Å². The zero-order valence-corrected chi connectivity index (χ0v) is 17.3. The summed E-state index contributed by atoms with van der Waals surface area (Å²) in [6.07, 6.45) is 8.94. The third kappa shape index (κ3) is 5.47. The third-order valence-electron chi connectivity index (χ3n) is 6.51. The van der Waals surface area contributed by atoms with Crippen LogP contribution in [0.3, 0.4) is 0 Å². The first-order chi connectivity index (χ1) is 14.2. The minimum absolute atomic E-state index is 0.0717. The van der Waals surface area contributed by atoms with Gasteiger partial charge in [0, 0.05) is 39.3 Å². The van der Waals surface area contributed by atoms with Gasteiger partial charge in [0.1, 0.15) is 0 Å². The van der Waals surface area contributed by atoms with Gasteiger partial charge >= 0.3 is 0 Å². The Morgan fingerprint density at radius 3 is 2.52 bits per heavy atom. The summed E-state index contributed by atoms with van der Waals surface area (Å²) in [7, 11) is 0. The maximum atomic E-state index is 12.8. The van der Waals surface area contributed by atoms with Gasteiger partial charge < -0.3 is 10.2 Å². The van der Waals surface area contributed by atoms with Crippen LogP contribution in [0.15, 0.2) is 42.0 Å². The van der Waals surface area contributed by atoms with E-state index in [1.807, 2.05) is 11.0 Å². The molecule has 0 spiro atoms. The molecule has 1 aliphatic heterocycles. The van der Waals surface area contributed by atoms with Crippen LogP contribution in [0.5, 0.6) is 0 Å². The number of nitrogens with one attached hydrogen (secondary N) is 1. The fourth-order valence-electron chi connectivity index (χ4n) is 4.57. The average molecular weight is 396 g/mol. The van der Waals surface area contributed by atoms with E-state index in [0.29, 0.717) is 6.54 Å². The van der Waals surface area contributed by atoms with Crippen molar-refractivity contribution in [3.63, 3.8) is 0 Å². The number of amides is 2. The molecule has 1 heterocycles. The molecule has 5 nitrogen and oxygen atoms in total. The maximum absolute atomic E-state index is 12.8. The molecule has 1 saturated carbocycles. The lowest BCUT2D eigenvalue weighted by Crippen LogP contribution is -2.49. The van der Waals surface area contributed by atoms with Crippen molar-refractivity contribution < 1.29 is 9.59 Å². The molecule has 2 amide bonds. The smallest absolute Gasteiger partial charge is 0.226 e. The van der Waals surface area contributed by atoms with Crippen molar-refractivity contribution >= 4 is 11.8 Å². The lowest BCUT2D eigenvalue weighted by Gasteiger charge is -2.35. The van der Waals surface area contributed by atoms with Gasteiger partial charge in [-0.3, -0.25) is 14.5 Å². The Kier molecular flexibility index (Phi) is 6.65. The highest BCUT2D eigenvalue weighted by atomic mass is 16.2. The number of hydrogen-bond donors (Lipinski definition) is 1. The van der Waals surface area contributed by atoms with Crippen molar-refractivity contribution in [1.82, 2.24) is 15.1 Å². The Morgan fingerprint density at radius 2 is 1.79 bits per heavy atom. The molecular weight excluding hydrogens is 362 g/mol. The number of piperazine rings is 1. The molecule has 2 fully saturated rings. The monoisotopic (exact) mass is 395 g/mol. The number of hydrogen-bond acceptors (Lipinski definition) is 3. The number of benzene rings is 1. The molecule has 0 aromatic heterocycles. The highest BCUT2D eigenvalue weighted by Crippen LogP contribution is 2.40. The second-order valence-electron chi connectivity index (χ2n) is 8.68. The highest BCUT2D eigenvalue weighted by molar-refractivity contribution is 5.92. The number of nitrogens with zero attached hydrogens (tertiary/aromatic N) is 2. The molecule has 5 heteroatoms. The summed E-state index contributed by atoms with van der Waals surface area (Å²) in [6, 6.07) is 10.5. The molecule has 1 aromatic carbocycles. The zero-order valence-electron chi connectivity index (χ0n) is 17.3. The largest absolute Gasteiger partial charge is 0.356 e. The Balaban J connectivity index is 1.15. The predicted octanol–water partition coefficient (Wildman–Crippen LogP) is 2.97. The van der Waals surface area contributed by atoms with Crippen molar-refractivity contribution in [3.05, 3.63) is 47.5 Å². The quantitative estimate of drug-likeness (QED) is 0.722. The summed E-state index contributed by atoms with van der Waals surface area (Å²) in [4.78, 5) is 29.5. The van der Waals surface area contributed by atoms with Crippen LogP contribution < -0.4 is 5.32 Å². The SMILES string of the molecule is O=C(NCCC1=CCCCC1)C1CC1C(=O)N1CCN(Cc2ccccc2)CC1. The van der Waals surface area contributed by atoms with E-state index in [2.05, 4.69) is 40.6 Å². The van der Waals surface area contributed by atoms with Gasteiger partial charge in [0.15, 0.2) is 0 Å². The zero-order chi connectivity index (χ0) is 20.1. The van der Waals surface area contributed by atoms with Gasteiger partial charge in [-0.05, 0) is 44.1 Å². The topological polar surface area (TPSA) is 52.7 Å².